The minimum Gasteiger partial charge on any atom is -0.491 e. The molecule has 3 rings (SSSR count). The number of rotatable bonds is 8. The summed E-state index contributed by atoms with van der Waals surface area (Å²) in [6, 6.07) is 6.19. The summed E-state index contributed by atoms with van der Waals surface area (Å²) in [6.07, 6.45) is 5.76. The highest BCUT2D eigenvalue weighted by atomic mass is 127. The third-order valence-electron chi connectivity index (χ3n) is 5.54. The lowest BCUT2D eigenvalue weighted by molar-refractivity contribution is -0.130. The molecule has 1 amide bonds. The second kappa shape index (κ2) is 13.8. The molecule has 0 aliphatic carbocycles. The van der Waals surface area contributed by atoms with Gasteiger partial charge in [-0.15, -0.1) is 24.0 Å². The van der Waals surface area contributed by atoms with Gasteiger partial charge in [0.2, 0.25) is 5.91 Å². The van der Waals surface area contributed by atoms with Crippen LogP contribution in [0.5, 0.6) is 5.75 Å². The number of aryl methyl sites for hydroxylation is 1. The van der Waals surface area contributed by atoms with Crippen LogP contribution in [0.4, 0.5) is 0 Å². The molecule has 2 aliphatic heterocycles. The molecular weight excluding hydrogens is 507 g/mol. The average molecular weight is 544 g/mol. The van der Waals surface area contributed by atoms with Gasteiger partial charge in [0.1, 0.15) is 12.4 Å². The molecular formula is C23H37IN4O3. The highest BCUT2D eigenvalue weighted by Gasteiger charge is 2.18. The molecule has 0 saturated carbocycles. The lowest BCUT2D eigenvalue weighted by Crippen LogP contribution is -2.46. The minimum absolute atomic E-state index is 0. The Labute approximate surface area is 203 Å². The zero-order valence-corrected chi connectivity index (χ0v) is 21.2. The third-order valence-corrected chi connectivity index (χ3v) is 5.54. The second-order valence-corrected chi connectivity index (χ2v) is 8.05. The highest BCUT2D eigenvalue weighted by molar-refractivity contribution is 14.0. The van der Waals surface area contributed by atoms with Gasteiger partial charge in [-0.05, 0) is 57.6 Å². The number of nitrogens with one attached hydrogen (secondary N) is 2. The average Bonchev–Trinajstić information content (AvgIpc) is 3.29. The van der Waals surface area contributed by atoms with Crippen molar-refractivity contribution < 1.29 is 14.3 Å². The molecule has 2 fully saturated rings. The van der Waals surface area contributed by atoms with Gasteiger partial charge in [0, 0.05) is 31.8 Å². The molecule has 1 atom stereocenters. The Bertz CT molecular complexity index is 717. The van der Waals surface area contributed by atoms with E-state index in [9.17, 15) is 4.79 Å². The summed E-state index contributed by atoms with van der Waals surface area (Å²) < 4.78 is 11.7. The summed E-state index contributed by atoms with van der Waals surface area (Å²) in [5, 5.41) is 6.41. The van der Waals surface area contributed by atoms with Gasteiger partial charge in [-0.1, -0.05) is 12.1 Å². The van der Waals surface area contributed by atoms with Crippen molar-refractivity contribution in [1.29, 1.82) is 0 Å². The number of carbonyl (C=O) groups excluding carboxylic acids is 1. The van der Waals surface area contributed by atoms with Gasteiger partial charge < -0.3 is 25.0 Å². The molecule has 31 heavy (non-hydrogen) atoms. The zero-order chi connectivity index (χ0) is 21.2. The van der Waals surface area contributed by atoms with Gasteiger partial charge in [0.05, 0.1) is 19.2 Å². The van der Waals surface area contributed by atoms with Crippen LogP contribution < -0.4 is 15.4 Å². The lowest BCUT2D eigenvalue weighted by Gasteiger charge is -2.27. The standard InChI is InChI=1S/C23H36N4O3.HI/c1-3-24-23(26-16-22(28)27-11-5-4-6-12-27)25-15-19-10-9-18(2)14-21(19)30-17-20-8-7-13-29-20;/h9-10,14,20H,3-8,11-13,15-17H2,1-2H3,(H2,24,25,26);1H. The van der Waals surface area contributed by atoms with Crippen LogP contribution in [-0.2, 0) is 16.1 Å². The summed E-state index contributed by atoms with van der Waals surface area (Å²) in [7, 11) is 0. The van der Waals surface area contributed by atoms with Crippen LogP contribution in [0.15, 0.2) is 23.2 Å². The van der Waals surface area contributed by atoms with E-state index < -0.39 is 0 Å². The molecule has 0 radical (unpaired) electrons. The van der Waals surface area contributed by atoms with Gasteiger partial charge >= 0.3 is 0 Å². The Balaban J connectivity index is 0.00000341. The molecule has 2 aliphatic rings. The van der Waals surface area contributed by atoms with Crippen molar-refractivity contribution in [3.63, 3.8) is 0 Å². The molecule has 1 unspecified atom stereocenters. The first-order valence-electron chi connectivity index (χ1n) is 11.3. The quantitative estimate of drug-likeness (QED) is 0.299. The Morgan fingerprint density at radius 1 is 1.23 bits per heavy atom. The molecule has 2 saturated heterocycles. The van der Waals surface area contributed by atoms with Crippen LogP contribution in [0.2, 0.25) is 0 Å². The number of piperidine rings is 1. The fourth-order valence-electron chi connectivity index (χ4n) is 3.81. The highest BCUT2D eigenvalue weighted by Crippen LogP contribution is 2.23. The maximum atomic E-state index is 12.4. The summed E-state index contributed by atoms with van der Waals surface area (Å²) in [5.74, 6) is 1.64. The summed E-state index contributed by atoms with van der Waals surface area (Å²) in [4.78, 5) is 19.1. The van der Waals surface area contributed by atoms with E-state index in [-0.39, 0.29) is 42.5 Å². The number of benzene rings is 1. The largest absolute Gasteiger partial charge is 0.491 e. The summed E-state index contributed by atoms with van der Waals surface area (Å²) in [6.45, 7) is 8.69. The number of likely N-dealkylation sites (tertiary alicyclic amines) is 1. The Morgan fingerprint density at radius 2 is 2.03 bits per heavy atom. The molecule has 2 heterocycles. The fraction of sp³-hybridized carbons (Fsp3) is 0.652. The van der Waals surface area contributed by atoms with E-state index in [1.807, 2.05) is 11.8 Å². The van der Waals surface area contributed by atoms with Crippen LogP contribution in [0.1, 0.15) is 50.2 Å². The van der Waals surface area contributed by atoms with E-state index in [0.29, 0.717) is 19.1 Å². The summed E-state index contributed by atoms with van der Waals surface area (Å²) in [5.41, 5.74) is 2.18. The van der Waals surface area contributed by atoms with E-state index >= 15 is 0 Å². The van der Waals surface area contributed by atoms with Crippen molar-refractivity contribution in [2.75, 3.05) is 39.4 Å². The van der Waals surface area contributed by atoms with Crippen LogP contribution in [0.3, 0.4) is 0 Å². The third kappa shape index (κ3) is 8.48. The molecule has 0 spiro atoms. The molecule has 1 aromatic carbocycles. The molecule has 8 heteroatoms. The number of hydrogen-bond acceptors (Lipinski definition) is 4. The van der Waals surface area contributed by atoms with Crippen molar-refractivity contribution in [3.8, 4) is 5.75 Å². The molecule has 1 aromatic rings. The van der Waals surface area contributed by atoms with E-state index in [2.05, 4.69) is 40.7 Å². The number of hydrogen-bond donors (Lipinski definition) is 2. The van der Waals surface area contributed by atoms with Crippen molar-refractivity contribution in [3.05, 3.63) is 29.3 Å². The summed E-state index contributed by atoms with van der Waals surface area (Å²) >= 11 is 0. The normalized spacial score (nSPS) is 19.0. The Morgan fingerprint density at radius 3 is 2.74 bits per heavy atom. The van der Waals surface area contributed by atoms with Gasteiger partial charge in [0.25, 0.3) is 0 Å². The maximum absolute atomic E-state index is 12.4. The topological polar surface area (TPSA) is 75.2 Å². The fourth-order valence-corrected chi connectivity index (χ4v) is 3.81. The molecule has 2 N–H and O–H groups in total. The number of nitrogens with zero attached hydrogens (tertiary/aromatic N) is 2. The van der Waals surface area contributed by atoms with E-state index in [1.54, 1.807) is 0 Å². The number of ether oxygens (including phenoxy) is 2. The first kappa shape index (κ1) is 25.7. The second-order valence-electron chi connectivity index (χ2n) is 8.05. The maximum Gasteiger partial charge on any atom is 0.241 e. The smallest absolute Gasteiger partial charge is 0.241 e. The van der Waals surface area contributed by atoms with Crippen LogP contribution in [-0.4, -0.2) is 62.3 Å². The van der Waals surface area contributed by atoms with Crippen molar-refractivity contribution in [1.82, 2.24) is 15.5 Å². The molecule has 0 bridgehead atoms. The van der Waals surface area contributed by atoms with E-state index in [4.69, 9.17) is 9.47 Å². The van der Waals surface area contributed by atoms with E-state index in [0.717, 1.165) is 68.8 Å². The Hall–Kier alpha value is -1.55. The van der Waals surface area contributed by atoms with Crippen LogP contribution >= 0.6 is 24.0 Å². The predicted octanol–water partition coefficient (Wildman–Crippen LogP) is 3.24. The van der Waals surface area contributed by atoms with Crippen molar-refractivity contribution >= 4 is 35.8 Å². The number of halogens is 1. The number of aliphatic imine (C=N–C) groups is 1. The van der Waals surface area contributed by atoms with Crippen molar-refractivity contribution in [2.24, 2.45) is 4.99 Å². The lowest BCUT2D eigenvalue weighted by atomic mass is 10.1. The predicted molar refractivity (Wildman–Crippen MR) is 134 cm³/mol. The number of amides is 1. The Kier molecular flexibility index (Phi) is 11.4. The van der Waals surface area contributed by atoms with Gasteiger partial charge in [-0.25, -0.2) is 4.99 Å². The molecule has 0 aromatic heterocycles. The SMILES string of the molecule is CCNC(=NCc1ccc(C)cc1OCC1CCCO1)NCC(=O)N1CCCCC1.I. The van der Waals surface area contributed by atoms with Crippen LogP contribution in [0, 0.1) is 6.92 Å². The first-order valence-corrected chi connectivity index (χ1v) is 11.3. The molecule has 7 nitrogen and oxygen atoms in total. The van der Waals surface area contributed by atoms with E-state index in [1.165, 1.54) is 6.42 Å². The van der Waals surface area contributed by atoms with Crippen molar-refractivity contribution in [2.45, 2.75) is 58.6 Å². The number of carbonyl (C=O) groups is 1. The number of guanidine groups is 1. The monoisotopic (exact) mass is 544 g/mol. The van der Waals surface area contributed by atoms with Crippen LogP contribution in [0.25, 0.3) is 0 Å². The minimum atomic E-state index is 0. The molecule has 174 valence electrons. The van der Waals surface area contributed by atoms with Gasteiger partial charge in [0.15, 0.2) is 5.96 Å². The van der Waals surface area contributed by atoms with Gasteiger partial charge in [-0.3, -0.25) is 4.79 Å². The zero-order valence-electron chi connectivity index (χ0n) is 18.8. The van der Waals surface area contributed by atoms with Gasteiger partial charge in [-0.2, -0.15) is 0 Å². The first-order chi connectivity index (χ1) is 14.7.